The SMILES string of the molecule is COc1c(Br)cc(Br)cc1/C=c1\sc2n(c1=O)[C@@H](c1ccc(Br)cc1)C1=C(N=2)c2ccccc2CC1. The molecule has 1 aromatic heterocycles. The average molecular weight is 687 g/mol. The van der Waals surface area contributed by atoms with Gasteiger partial charge in [-0.25, -0.2) is 4.99 Å². The summed E-state index contributed by atoms with van der Waals surface area (Å²) in [6, 6.07) is 20.4. The van der Waals surface area contributed by atoms with Gasteiger partial charge >= 0.3 is 0 Å². The summed E-state index contributed by atoms with van der Waals surface area (Å²) in [5.74, 6) is 0.682. The van der Waals surface area contributed by atoms with Crippen LogP contribution in [0.5, 0.6) is 5.75 Å². The van der Waals surface area contributed by atoms with Gasteiger partial charge in [0.1, 0.15) is 5.75 Å². The standard InChI is InChI=1S/C28H19Br3N2O2S/c1-35-26-17(12-19(30)14-22(26)31)13-23-27(34)33-25(16-6-9-18(29)10-7-16)21-11-8-15-4-2-3-5-20(15)24(21)32-28(33)36-23/h2-7,9-10,12-14,25H,8,11H2,1H3/b23-13-/t25-/m0/s1. The van der Waals surface area contributed by atoms with Crippen molar-refractivity contribution in [3.05, 3.63) is 122 Å². The van der Waals surface area contributed by atoms with Gasteiger partial charge in [-0.15, -0.1) is 0 Å². The van der Waals surface area contributed by atoms with Crippen LogP contribution in [0.1, 0.15) is 34.7 Å². The van der Waals surface area contributed by atoms with E-state index >= 15 is 0 Å². The van der Waals surface area contributed by atoms with E-state index < -0.39 is 0 Å². The Morgan fingerprint density at radius 1 is 1.03 bits per heavy atom. The van der Waals surface area contributed by atoms with Crippen LogP contribution >= 0.6 is 59.1 Å². The molecule has 180 valence electrons. The van der Waals surface area contributed by atoms with E-state index in [2.05, 4.69) is 84.2 Å². The minimum absolute atomic E-state index is 0.0461. The second-order valence-corrected chi connectivity index (χ2v) is 12.4. The maximum absolute atomic E-state index is 13.9. The molecule has 0 fully saturated rings. The number of methoxy groups -OCH3 is 1. The first kappa shape index (κ1) is 24.1. The lowest BCUT2D eigenvalue weighted by atomic mass is 9.83. The number of aryl methyl sites for hydroxylation is 1. The molecule has 0 amide bonds. The van der Waals surface area contributed by atoms with Gasteiger partial charge in [0, 0.05) is 20.1 Å². The lowest BCUT2D eigenvalue weighted by Gasteiger charge is -2.30. The van der Waals surface area contributed by atoms with Crippen LogP contribution in [0.4, 0.5) is 0 Å². The Hall–Kier alpha value is -2.26. The molecule has 4 aromatic rings. The molecule has 8 heteroatoms. The zero-order valence-corrected chi connectivity index (χ0v) is 24.7. The number of aromatic nitrogens is 1. The van der Waals surface area contributed by atoms with Crippen molar-refractivity contribution < 1.29 is 4.74 Å². The Balaban J connectivity index is 1.63. The molecule has 0 unspecified atom stereocenters. The van der Waals surface area contributed by atoms with Gasteiger partial charge in [-0.2, -0.15) is 0 Å². The molecule has 0 saturated carbocycles. The fourth-order valence-electron chi connectivity index (χ4n) is 5.01. The minimum Gasteiger partial charge on any atom is -0.495 e. The van der Waals surface area contributed by atoms with E-state index in [1.54, 1.807) is 7.11 Å². The first-order valence-electron chi connectivity index (χ1n) is 11.4. The third kappa shape index (κ3) is 4.08. The van der Waals surface area contributed by atoms with Gasteiger partial charge in [0.2, 0.25) is 0 Å². The summed E-state index contributed by atoms with van der Waals surface area (Å²) >= 11 is 12.1. The first-order valence-corrected chi connectivity index (χ1v) is 14.6. The average Bonchev–Trinajstić information content (AvgIpc) is 3.17. The van der Waals surface area contributed by atoms with Gasteiger partial charge in [0.25, 0.3) is 5.56 Å². The molecule has 2 heterocycles. The number of hydrogen-bond donors (Lipinski definition) is 0. The normalized spacial score (nSPS) is 16.8. The maximum atomic E-state index is 13.9. The molecule has 1 aliphatic heterocycles. The van der Waals surface area contributed by atoms with Crippen LogP contribution in [0.3, 0.4) is 0 Å². The van der Waals surface area contributed by atoms with Crippen molar-refractivity contribution in [3.63, 3.8) is 0 Å². The molecule has 0 saturated heterocycles. The van der Waals surface area contributed by atoms with Crippen molar-refractivity contribution >= 4 is 70.9 Å². The molecular weight excluding hydrogens is 668 g/mol. The van der Waals surface area contributed by atoms with Crippen molar-refractivity contribution in [2.75, 3.05) is 7.11 Å². The zero-order chi connectivity index (χ0) is 25.0. The van der Waals surface area contributed by atoms with Crippen LogP contribution < -0.4 is 19.6 Å². The molecular formula is C28H19Br3N2O2S. The number of hydrogen-bond acceptors (Lipinski definition) is 4. The number of thiazole rings is 1. The second-order valence-electron chi connectivity index (χ2n) is 8.68. The minimum atomic E-state index is -0.198. The summed E-state index contributed by atoms with van der Waals surface area (Å²) in [6.07, 6.45) is 3.70. The maximum Gasteiger partial charge on any atom is 0.271 e. The monoisotopic (exact) mass is 684 g/mol. The van der Waals surface area contributed by atoms with Crippen molar-refractivity contribution in [2.45, 2.75) is 18.9 Å². The molecule has 1 atom stereocenters. The highest BCUT2D eigenvalue weighted by molar-refractivity contribution is 9.11. The molecule has 0 spiro atoms. The number of ether oxygens (including phenoxy) is 1. The smallest absolute Gasteiger partial charge is 0.271 e. The van der Waals surface area contributed by atoms with Crippen molar-refractivity contribution in [2.24, 2.45) is 4.99 Å². The highest BCUT2D eigenvalue weighted by atomic mass is 79.9. The highest BCUT2D eigenvalue weighted by Gasteiger charge is 2.32. The van der Waals surface area contributed by atoms with Gasteiger partial charge in [-0.3, -0.25) is 9.36 Å². The molecule has 2 aliphatic rings. The van der Waals surface area contributed by atoms with Crippen LogP contribution in [-0.2, 0) is 6.42 Å². The van der Waals surface area contributed by atoms with Crippen molar-refractivity contribution in [1.29, 1.82) is 0 Å². The summed E-state index contributed by atoms with van der Waals surface area (Å²) in [5, 5.41) is 0. The Labute approximate surface area is 237 Å². The van der Waals surface area contributed by atoms with E-state index in [1.165, 1.54) is 22.5 Å². The van der Waals surface area contributed by atoms with Crippen LogP contribution in [-0.4, -0.2) is 11.7 Å². The highest BCUT2D eigenvalue weighted by Crippen LogP contribution is 2.41. The summed E-state index contributed by atoms with van der Waals surface area (Å²) in [7, 11) is 1.63. The Morgan fingerprint density at radius 3 is 2.58 bits per heavy atom. The Morgan fingerprint density at radius 2 is 1.81 bits per heavy atom. The van der Waals surface area contributed by atoms with Crippen LogP contribution in [0.15, 0.2) is 89.4 Å². The van der Waals surface area contributed by atoms with Gasteiger partial charge in [0.15, 0.2) is 4.80 Å². The quantitative estimate of drug-likeness (QED) is 0.244. The molecule has 36 heavy (non-hydrogen) atoms. The summed E-state index contributed by atoms with van der Waals surface area (Å²) in [4.78, 5) is 19.7. The number of nitrogens with zero attached hydrogens (tertiary/aromatic N) is 2. The third-order valence-electron chi connectivity index (χ3n) is 6.59. The second kappa shape index (κ2) is 9.56. The fraction of sp³-hybridized carbons (Fsp3) is 0.143. The Kier molecular flexibility index (Phi) is 6.40. The van der Waals surface area contributed by atoms with E-state index in [4.69, 9.17) is 9.73 Å². The van der Waals surface area contributed by atoms with E-state index in [9.17, 15) is 4.79 Å². The van der Waals surface area contributed by atoms with Crippen LogP contribution in [0.25, 0.3) is 11.8 Å². The topological polar surface area (TPSA) is 43.6 Å². The lowest BCUT2D eigenvalue weighted by Crippen LogP contribution is -2.38. The number of fused-ring (bicyclic) bond motifs is 3. The molecule has 6 rings (SSSR count). The molecule has 4 nitrogen and oxygen atoms in total. The number of benzene rings is 3. The molecule has 3 aromatic carbocycles. The molecule has 0 radical (unpaired) electrons. The number of allylic oxidation sites excluding steroid dienone is 1. The van der Waals surface area contributed by atoms with Crippen LogP contribution in [0.2, 0.25) is 0 Å². The largest absolute Gasteiger partial charge is 0.495 e. The fourth-order valence-corrected chi connectivity index (χ4v) is 7.69. The number of rotatable bonds is 3. The summed E-state index contributed by atoms with van der Waals surface area (Å²) in [5.41, 5.74) is 6.51. The van der Waals surface area contributed by atoms with E-state index in [1.807, 2.05) is 34.9 Å². The van der Waals surface area contributed by atoms with Gasteiger partial charge in [-0.1, -0.05) is 79.6 Å². The van der Waals surface area contributed by atoms with Gasteiger partial charge < -0.3 is 4.74 Å². The van der Waals surface area contributed by atoms with E-state index in [0.29, 0.717) is 15.1 Å². The third-order valence-corrected chi connectivity index (χ3v) is 9.15. The van der Waals surface area contributed by atoms with E-state index in [-0.39, 0.29) is 11.6 Å². The first-order chi connectivity index (χ1) is 17.4. The molecule has 0 bridgehead atoms. The Bertz CT molecular complexity index is 1740. The van der Waals surface area contributed by atoms with Gasteiger partial charge in [0.05, 0.1) is 27.9 Å². The van der Waals surface area contributed by atoms with Gasteiger partial charge in [-0.05, 0) is 75.8 Å². The predicted molar refractivity (Wildman–Crippen MR) is 155 cm³/mol. The summed E-state index contributed by atoms with van der Waals surface area (Å²) < 4.78 is 10.8. The summed E-state index contributed by atoms with van der Waals surface area (Å²) in [6.45, 7) is 0. The zero-order valence-electron chi connectivity index (χ0n) is 19.1. The van der Waals surface area contributed by atoms with Crippen LogP contribution in [0, 0.1) is 0 Å². The van der Waals surface area contributed by atoms with Crippen molar-refractivity contribution in [1.82, 2.24) is 4.57 Å². The molecule has 0 N–H and O–H groups in total. The van der Waals surface area contributed by atoms with E-state index in [0.717, 1.165) is 48.6 Å². The molecule has 1 aliphatic carbocycles. The van der Waals surface area contributed by atoms with Crippen molar-refractivity contribution in [3.8, 4) is 5.75 Å². The predicted octanol–water partition coefficient (Wildman–Crippen LogP) is 6.61. The number of halogens is 3. The lowest BCUT2D eigenvalue weighted by molar-refractivity contribution is 0.411.